The third-order valence-corrected chi connectivity index (χ3v) is 4.40. The number of piperidine rings is 1. The van der Waals surface area contributed by atoms with Crippen LogP contribution in [0.2, 0.25) is 10.0 Å². The molecule has 116 valence electrons. The Balaban J connectivity index is 1.76. The molecule has 0 aromatic heterocycles. The van der Waals surface area contributed by atoms with E-state index in [9.17, 15) is 4.79 Å². The van der Waals surface area contributed by atoms with Gasteiger partial charge in [0.25, 0.3) is 0 Å². The summed E-state index contributed by atoms with van der Waals surface area (Å²) >= 11 is 11.8. The molecule has 0 spiro atoms. The van der Waals surface area contributed by atoms with Gasteiger partial charge in [0.1, 0.15) is 0 Å². The van der Waals surface area contributed by atoms with Crippen molar-refractivity contribution in [2.75, 3.05) is 19.6 Å². The Hall–Kier alpha value is -0.810. The zero-order valence-electron chi connectivity index (χ0n) is 11.9. The zero-order valence-corrected chi connectivity index (χ0v) is 13.5. The lowest BCUT2D eigenvalue weighted by atomic mass is 10.1. The van der Waals surface area contributed by atoms with Crippen molar-refractivity contribution in [2.24, 2.45) is 5.73 Å². The predicted molar refractivity (Wildman–Crippen MR) is 86.6 cm³/mol. The van der Waals surface area contributed by atoms with Crippen LogP contribution in [0.15, 0.2) is 18.2 Å². The van der Waals surface area contributed by atoms with E-state index in [-0.39, 0.29) is 5.91 Å². The summed E-state index contributed by atoms with van der Waals surface area (Å²) in [4.78, 5) is 14.0. The van der Waals surface area contributed by atoms with Crippen molar-refractivity contribution in [2.45, 2.75) is 31.8 Å². The third-order valence-electron chi connectivity index (χ3n) is 3.66. The van der Waals surface area contributed by atoms with Crippen molar-refractivity contribution in [3.8, 4) is 0 Å². The van der Waals surface area contributed by atoms with Crippen LogP contribution in [0.25, 0.3) is 0 Å². The Morgan fingerprint density at radius 1 is 1.24 bits per heavy atom. The molecule has 1 amide bonds. The molecule has 0 radical (unpaired) electrons. The maximum atomic E-state index is 12.2. The summed E-state index contributed by atoms with van der Waals surface area (Å²) in [6.45, 7) is 2.73. The van der Waals surface area contributed by atoms with Crippen LogP contribution >= 0.6 is 23.2 Å². The number of hydrogen-bond donors (Lipinski definition) is 2. The molecule has 0 bridgehead atoms. The average molecular weight is 330 g/mol. The van der Waals surface area contributed by atoms with Gasteiger partial charge in [0.05, 0.1) is 16.1 Å². The minimum atomic E-state index is -0.495. The number of benzene rings is 1. The first kappa shape index (κ1) is 16.6. The Morgan fingerprint density at radius 2 is 1.95 bits per heavy atom. The van der Waals surface area contributed by atoms with Gasteiger partial charge in [0, 0.05) is 26.2 Å². The number of carbonyl (C=O) groups is 1. The highest BCUT2D eigenvalue weighted by Gasteiger charge is 2.21. The Kier molecular flexibility index (Phi) is 6.30. The van der Waals surface area contributed by atoms with E-state index in [0.717, 1.165) is 31.5 Å². The first-order valence-electron chi connectivity index (χ1n) is 7.27. The number of nitrogens with zero attached hydrogens (tertiary/aromatic N) is 1. The Bertz CT molecular complexity index is 490. The van der Waals surface area contributed by atoms with E-state index in [1.54, 1.807) is 6.07 Å². The number of carbonyl (C=O) groups excluding carboxylic acids is 1. The molecular formula is C15H21Cl2N3O. The van der Waals surface area contributed by atoms with Crippen LogP contribution in [0, 0.1) is 0 Å². The van der Waals surface area contributed by atoms with E-state index >= 15 is 0 Å². The molecule has 2 rings (SSSR count). The molecular weight excluding hydrogens is 309 g/mol. The summed E-state index contributed by atoms with van der Waals surface area (Å²) in [5, 5.41) is 4.27. The largest absolute Gasteiger partial charge is 0.341 e. The van der Waals surface area contributed by atoms with Crippen molar-refractivity contribution in [1.82, 2.24) is 10.2 Å². The van der Waals surface area contributed by atoms with Crippen molar-refractivity contribution < 1.29 is 4.79 Å². The van der Waals surface area contributed by atoms with Crippen LogP contribution in [-0.4, -0.2) is 36.5 Å². The maximum Gasteiger partial charge on any atom is 0.240 e. The first-order chi connectivity index (χ1) is 10.1. The summed E-state index contributed by atoms with van der Waals surface area (Å²) < 4.78 is 0. The SMILES string of the molecule is NC(CNCc1ccc(Cl)c(Cl)c1)C(=O)N1CCCCC1. The van der Waals surface area contributed by atoms with E-state index in [4.69, 9.17) is 28.9 Å². The normalized spacial score (nSPS) is 16.8. The smallest absolute Gasteiger partial charge is 0.240 e. The monoisotopic (exact) mass is 329 g/mol. The van der Waals surface area contributed by atoms with Gasteiger partial charge in [0.15, 0.2) is 0 Å². The van der Waals surface area contributed by atoms with Crippen LogP contribution in [0.4, 0.5) is 0 Å². The minimum Gasteiger partial charge on any atom is -0.341 e. The summed E-state index contributed by atoms with van der Waals surface area (Å²) in [5.74, 6) is 0.0383. The summed E-state index contributed by atoms with van der Waals surface area (Å²) in [7, 11) is 0. The van der Waals surface area contributed by atoms with Crippen molar-refractivity contribution in [1.29, 1.82) is 0 Å². The lowest BCUT2D eigenvalue weighted by molar-refractivity contribution is -0.133. The molecule has 1 aliphatic heterocycles. The fourth-order valence-corrected chi connectivity index (χ4v) is 2.78. The quantitative estimate of drug-likeness (QED) is 0.872. The van der Waals surface area contributed by atoms with Gasteiger partial charge < -0.3 is 16.0 Å². The molecule has 1 heterocycles. The molecule has 1 saturated heterocycles. The molecule has 1 unspecified atom stereocenters. The zero-order chi connectivity index (χ0) is 15.2. The van der Waals surface area contributed by atoms with Crippen LogP contribution in [0.3, 0.4) is 0 Å². The summed E-state index contributed by atoms with van der Waals surface area (Å²) in [6, 6.07) is 4.99. The van der Waals surface area contributed by atoms with Crippen molar-refractivity contribution >= 4 is 29.1 Å². The fraction of sp³-hybridized carbons (Fsp3) is 0.533. The summed E-state index contributed by atoms with van der Waals surface area (Å²) in [6.07, 6.45) is 3.36. The number of nitrogens with two attached hydrogens (primary N) is 1. The fourth-order valence-electron chi connectivity index (χ4n) is 2.46. The molecule has 1 aliphatic rings. The summed E-state index contributed by atoms with van der Waals surface area (Å²) in [5.41, 5.74) is 6.98. The standard InChI is InChI=1S/C15H21Cl2N3O/c16-12-5-4-11(8-13(12)17)9-19-10-14(18)15(21)20-6-2-1-3-7-20/h4-5,8,14,19H,1-3,6-7,9-10,18H2. The number of hydrogen-bond acceptors (Lipinski definition) is 3. The second kappa shape index (κ2) is 7.99. The van der Waals surface area contributed by atoms with Gasteiger partial charge in [-0.05, 0) is 37.0 Å². The molecule has 1 aromatic rings. The van der Waals surface area contributed by atoms with Gasteiger partial charge in [0.2, 0.25) is 5.91 Å². The lowest BCUT2D eigenvalue weighted by Crippen LogP contribution is -2.50. The van der Waals surface area contributed by atoms with Gasteiger partial charge in [-0.1, -0.05) is 29.3 Å². The highest BCUT2D eigenvalue weighted by Crippen LogP contribution is 2.22. The molecule has 1 atom stereocenters. The Morgan fingerprint density at radius 3 is 2.62 bits per heavy atom. The molecule has 0 aliphatic carbocycles. The van der Waals surface area contributed by atoms with Crippen LogP contribution < -0.4 is 11.1 Å². The van der Waals surface area contributed by atoms with E-state index < -0.39 is 6.04 Å². The Labute approximate surface area is 135 Å². The van der Waals surface area contributed by atoms with Gasteiger partial charge in [-0.25, -0.2) is 0 Å². The van der Waals surface area contributed by atoms with E-state index in [2.05, 4.69) is 5.32 Å². The number of likely N-dealkylation sites (tertiary alicyclic amines) is 1. The highest BCUT2D eigenvalue weighted by atomic mass is 35.5. The lowest BCUT2D eigenvalue weighted by Gasteiger charge is -2.29. The second-order valence-corrected chi connectivity index (χ2v) is 6.19. The maximum absolute atomic E-state index is 12.2. The number of rotatable bonds is 5. The molecule has 4 nitrogen and oxygen atoms in total. The average Bonchev–Trinajstić information content (AvgIpc) is 2.51. The topological polar surface area (TPSA) is 58.4 Å². The van der Waals surface area contributed by atoms with E-state index in [0.29, 0.717) is 23.1 Å². The van der Waals surface area contributed by atoms with Gasteiger partial charge in [-0.2, -0.15) is 0 Å². The highest BCUT2D eigenvalue weighted by molar-refractivity contribution is 6.42. The molecule has 1 aromatic carbocycles. The molecule has 6 heteroatoms. The van der Waals surface area contributed by atoms with Gasteiger partial charge in [-0.3, -0.25) is 4.79 Å². The molecule has 0 saturated carbocycles. The predicted octanol–water partition coefficient (Wildman–Crippen LogP) is 2.42. The molecule has 1 fully saturated rings. The van der Waals surface area contributed by atoms with Crippen molar-refractivity contribution in [3.05, 3.63) is 33.8 Å². The second-order valence-electron chi connectivity index (χ2n) is 5.37. The number of halogens is 2. The molecule has 3 N–H and O–H groups in total. The van der Waals surface area contributed by atoms with Crippen LogP contribution in [-0.2, 0) is 11.3 Å². The van der Waals surface area contributed by atoms with E-state index in [1.807, 2.05) is 17.0 Å². The third kappa shape index (κ3) is 4.85. The number of amides is 1. The van der Waals surface area contributed by atoms with Crippen LogP contribution in [0.5, 0.6) is 0 Å². The van der Waals surface area contributed by atoms with Crippen LogP contribution in [0.1, 0.15) is 24.8 Å². The van der Waals surface area contributed by atoms with Gasteiger partial charge >= 0.3 is 0 Å². The van der Waals surface area contributed by atoms with E-state index in [1.165, 1.54) is 6.42 Å². The number of nitrogens with one attached hydrogen (secondary N) is 1. The first-order valence-corrected chi connectivity index (χ1v) is 8.02. The van der Waals surface area contributed by atoms with Gasteiger partial charge in [-0.15, -0.1) is 0 Å². The van der Waals surface area contributed by atoms with Crippen molar-refractivity contribution in [3.63, 3.8) is 0 Å². The molecule has 21 heavy (non-hydrogen) atoms. The minimum absolute atomic E-state index is 0.0383.